The maximum Gasteiger partial charge on any atom is 0.271 e. The summed E-state index contributed by atoms with van der Waals surface area (Å²) in [7, 11) is 0. The first-order valence-corrected chi connectivity index (χ1v) is 8.28. The van der Waals surface area contributed by atoms with Gasteiger partial charge in [0, 0.05) is 32.0 Å². The topological polar surface area (TPSA) is 76.6 Å². The highest BCUT2D eigenvalue weighted by molar-refractivity contribution is 5.92. The van der Waals surface area contributed by atoms with E-state index in [-0.39, 0.29) is 17.7 Å². The lowest BCUT2D eigenvalue weighted by Crippen LogP contribution is -2.45. The Morgan fingerprint density at radius 3 is 2.57 bits per heavy atom. The van der Waals surface area contributed by atoms with E-state index in [9.17, 15) is 4.79 Å². The first kappa shape index (κ1) is 16.1. The van der Waals surface area contributed by atoms with Gasteiger partial charge >= 0.3 is 0 Å². The molecule has 2 aliphatic heterocycles. The van der Waals surface area contributed by atoms with Crippen LogP contribution < -0.4 is 10.2 Å². The van der Waals surface area contributed by atoms with Crippen LogP contribution in [0.5, 0.6) is 0 Å². The zero-order valence-corrected chi connectivity index (χ0v) is 13.7. The van der Waals surface area contributed by atoms with Crippen LogP contribution in [0.3, 0.4) is 0 Å². The molecule has 0 radical (unpaired) electrons. The highest BCUT2D eigenvalue weighted by atomic mass is 16.7. The van der Waals surface area contributed by atoms with Crippen molar-refractivity contribution in [3.8, 4) is 0 Å². The quantitative estimate of drug-likeness (QED) is 0.902. The Bertz CT molecular complexity index is 533. The third kappa shape index (κ3) is 3.61. The predicted octanol–water partition coefficient (Wildman–Crippen LogP) is 1.35. The van der Waals surface area contributed by atoms with Crippen molar-refractivity contribution in [2.45, 2.75) is 44.9 Å². The second-order valence-corrected chi connectivity index (χ2v) is 6.14. The van der Waals surface area contributed by atoms with Crippen LogP contribution in [0, 0.1) is 0 Å². The summed E-state index contributed by atoms with van der Waals surface area (Å²) in [4.78, 5) is 22.8. The van der Waals surface area contributed by atoms with Gasteiger partial charge in [-0.25, -0.2) is 9.97 Å². The van der Waals surface area contributed by atoms with Gasteiger partial charge in [0.2, 0.25) is 0 Å². The SMILES string of the molecule is CCC(C)NC(=O)c1cnc(N2CCC3(CC2)OCCO3)cn1. The summed E-state index contributed by atoms with van der Waals surface area (Å²) in [6, 6.07) is 0.133. The maximum absolute atomic E-state index is 12.0. The molecule has 0 aromatic carbocycles. The van der Waals surface area contributed by atoms with Crippen molar-refractivity contribution in [1.29, 1.82) is 0 Å². The number of rotatable bonds is 4. The molecule has 1 aromatic heterocycles. The second kappa shape index (κ2) is 6.80. The van der Waals surface area contributed by atoms with E-state index in [0.717, 1.165) is 38.2 Å². The fourth-order valence-corrected chi connectivity index (χ4v) is 2.86. The molecule has 2 aliphatic rings. The van der Waals surface area contributed by atoms with E-state index in [2.05, 4.69) is 20.2 Å². The van der Waals surface area contributed by atoms with Crippen molar-refractivity contribution in [2.75, 3.05) is 31.2 Å². The molecule has 0 bridgehead atoms. The first-order valence-electron chi connectivity index (χ1n) is 8.28. The molecule has 126 valence electrons. The van der Waals surface area contributed by atoms with Crippen LogP contribution in [0.25, 0.3) is 0 Å². The molecule has 1 N–H and O–H groups in total. The molecule has 2 saturated heterocycles. The minimum absolute atomic E-state index is 0.133. The van der Waals surface area contributed by atoms with Crippen LogP contribution in [0.1, 0.15) is 43.6 Å². The number of piperidine rings is 1. The Labute approximate surface area is 136 Å². The fraction of sp³-hybridized carbons (Fsp3) is 0.688. The number of hydrogen-bond acceptors (Lipinski definition) is 6. The van der Waals surface area contributed by atoms with E-state index in [1.807, 2.05) is 13.8 Å². The van der Waals surface area contributed by atoms with E-state index in [0.29, 0.717) is 18.9 Å². The molecule has 1 unspecified atom stereocenters. The van der Waals surface area contributed by atoms with Gasteiger partial charge in [-0.1, -0.05) is 6.92 Å². The number of carbonyl (C=O) groups is 1. The van der Waals surface area contributed by atoms with E-state index in [4.69, 9.17) is 9.47 Å². The number of hydrogen-bond donors (Lipinski definition) is 1. The lowest BCUT2D eigenvalue weighted by Gasteiger charge is -2.37. The largest absolute Gasteiger partial charge is 0.355 e. The van der Waals surface area contributed by atoms with Crippen molar-refractivity contribution in [2.24, 2.45) is 0 Å². The number of amides is 1. The Balaban J connectivity index is 1.58. The van der Waals surface area contributed by atoms with Gasteiger partial charge in [-0.3, -0.25) is 4.79 Å². The average Bonchev–Trinajstić information content (AvgIpc) is 3.03. The summed E-state index contributed by atoms with van der Waals surface area (Å²) in [6.45, 7) is 6.98. The second-order valence-electron chi connectivity index (χ2n) is 6.14. The van der Waals surface area contributed by atoms with Crippen molar-refractivity contribution in [3.05, 3.63) is 18.1 Å². The van der Waals surface area contributed by atoms with E-state index in [1.54, 1.807) is 12.4 Å². The lowest BCUT2D eigenvalue weighted by molar-refractivity contribution is -0.169. The normalized spacial score (nSPS) is 21.4. The number of nitrogens with zero attached hydrogens (tertiary/aromatic N) is 3. The molecule has 23 heavy (non-hydrogen) atoms. The van der Waals surface area contributed by atoms with E-state index < -0.39 is 0 Å². The van der Waals surface area contributed by atoms with Gasteiger partial charge in [-0.2, -0.15) is 0 Å². The summed E-state index contributed by atoms with van der Waals surface area (Å²) in [5.41, 5.74) is 0.352. The standard InChI is InChI=1S/C16H24N4O3/c1-3-12(2)19-15(21)13-10-18-14(11-17-13)20-6-4-16(5-7-20)22-8-9-23-16/h10-12H,3-9H2,1-2H3,(H,19,21). The summed E-state index contributed by atoms with van der Waals surface area (Å²) >= 11 is 0. The molecule has 1 atom stereocenters. The van der Waals surface area contributed by atoms with Gasteiger partial charge in [0.25, 0.3) is 5.91 Å². The molecular weight excluding hydrogens is 296 g/mol. The minimum atomic E-state index is -0.389. The third-order valence-corrected chi connectivity index (χ3v) is 4.52. The lowest BCUT2D eigenvalue weighted by atomic mass is 10.0. The fourth-order valence-electron chi connectivity index (χ4n) is 2.86. The van der Waals surface area contributed by atoms with Crippen molar-refractivity contribution >= 4 is 11.7 Å². The molecule has 1 amide bonds. The van der Waals surface area contributed by atoms with Gasteiger partial charge in [0.1, 0.15) is 11.5 Å². The predicted molar refractivity (Wildman–Crippen MR) is 85.3 cm³/mol. The Morgan fingerprint density at radius 2 is 2.00 bits per heavy atom. The van der Waals surface area contributed by atoms with Gasteiger partial charge in [-0.05, 0) is 13.3 Å². The molecule has 3 heterocycles. The zero-order valence-electron chi connectivity index (χ0n) is 13.7. The molecule has 0 saturated carbocycles. The molecular formula is C16H24N4O3. The number of nitrogens with one attached hydrogen (secondary N) is 1. The Kier molecular flexibility index (Phi) is 4.77. The highest BCUT2D eigenvalue weighted by Gasteiger charge is 2.40. The summed E-state index contributed by atoms with van der Waals surface area (Å²) in [5.74, 6) is 0.224. The maximum atomic E-state index is 12.0. The van der Waals surface area contributed by atoms with Crippen LogP contribution in [0.2, 0.25) is 0 Å². The molecule has 3 rings (SSSR count). The molecule has 1 aromatic rings. The van der Waals surface area contributed by atoms with Crippen molar-refractivity contribution < 1.29 is 14.3 Å². The summed E-state index contributed by atoms with van der Waals surface area (Å²) in [5, 5.41) is 2.89. The van der Waals surface area contributed by atoms with Crippen LogP contribution in [0.4, 0.5) is 5.82 Å². The molecule has 7 nitrogen and oxygen atoms in total. The van der Waals surface area contributed by atoms with Crippen LogP contribution in [0.15, 0.2) is 12.4 Å². The van der Waals surface area contributed by atoms with Crippen molar-refractivity contribution in [1.82, 2.24) is 15.3 Å². The third-order valence-electron chi connectivity index (χ3n) is 4.52. The Hall–Kier alpha value is -1.73. The smallest absolute Gasteiger partial charge is 0.271 e. The molecule has 7 heteroatoms. The summed E-state index contributed by atoms with van der Waals surface area (Å²) < 4.78 is 11.5. The van der Waals surface area contributed by atoms with Gasteiger partial charge < -0.3 is 19.7 Å². The van der Waals surface area contributed by atoms with Crippen LogP contribution in [-0.2, 0) is 9.47 Å². The monoisotopic (exact) mass is 320 g/mol. The van der Waals surface area contributed by atoms with E-state index in [1.165, 1.54) is 0 Å². The average molecular weight is 320 g/mol. The van der Waals surface area contributed by atoms with Gasteiger partial charge in [0.15, 0.2) is 5.79 Å². The molecule has 2 fully saturated rings. The summed E-state index contributed by atoms with van der Waals surface area (Å²) in [6.07, 6.45) is 5.74. The minimum Gasteiger partial charge on any atom is -0.355 e. The number of carbonyl (C=O) groups excluding carboxylic acids is 1. The Morgan fingerprint density at radius 1 is 1.30 bits per heavy atom. The van der Waals surface area contributed by atoms with Crippen LogP contribution >= 0.6 is 0 Å². The number of aromatic nitrogens is 2. The number of ether oxygens (including phenoxy) is 2. The number of anilines is 1. The first-order chi connectivity index (χ1) is 11.1. The van der Waals surface area contributed by atoms with E-state index >= 15 is 0 Å². The van der Waals surface area contributed by atoms with Gasteiger partial charge in [-0.15, -0.1) is 0 Å². The zero-order chi connectivity index (χ0) is 16.3. The van der Waals surface area contributed by atoms with Crippen molar-refractivity contribution in [3.63, 3.8) is 0 Å². The van der Waals surface area contributed by atoms with Gasteiger partial charge in [0.05, 0.1) is 25.6 Å². The molecule has 0 aliphatic carbocycles. The van der Waals surface area contributed by atoms with Crippen LogP contribution in [-0.4, -0.2) is 54.0 Å². The molecule has 1 spiro atoms. The highest BCUT2D eigenvalue weighted by Crippen LogP contribution is 2.32.